The molecule has 0 amide bonds. The molecule has 0 aliphatic carbocycles. The summed E-state index contributed by atoms with van der Waals surface area (Å²) in [7, 11) is 0. The van der Waals surface area contributed by atoms with Crippen molar-refractivity contribution in [1.29, 1.82) is 0 Å². The molecule has 0 fully saturated rings. The van der Waals surface area contributed by atoms with E-state index >= 15 is 0 Å². The van der Waals surface area contributed by atoms with Gasteiger partial charge in [0.2, 0.25) is 0 Å². The summed E-state index contributed by atoms with van der Waals surface area (Å²) in [6, 6.07) is 3.53. The van der Waals surface area contributed by atoms with Gasteiger partial charge in [0.05, 0.1) is 10.8 Å². The van der Waals surface area contributed by atoms with E-state index in [1.165, 1.54) is 3.97 Å². The Morgan fingerprint density at radius 2 is 2.24 bits per heavy atom. The first-order valence-corrected chi connectivity index (χ1v) is 7.37. The molecule has 1 aromatic heterocycles. The molecule has 90 valence electrons. The van der Waals surface area contributed by atoms with Crippen LogP contribution in [0.4, 0.5) is 3.89 Å². The molecule has 0 N–H and O–H groups in total. The zero-order valence-corrected chi connectivity index (χ0v) is 12.8. The number of benzene rings is 1. The summed E-state index contributed by atoms with van der Waals surface area (Å²) in [5.41, 5.74) is 2.08. The minimum atomic E-state index is -0.0594. The van der Waals surface area contributed by atoms with Crippen LogP contribution in [0.25, 0.3) is 10.9 Å². The fourth-order valence-electron chi connectivity index (χ4n) is 1.83. The summed E-state index contributed by atoms with van der Waals surface area (Å²) in [6.07, 6.45) is 1.69. The van der Waals surface area contributed by atoms with Crippen LogP contribution in [-0.2, 0) is 0 Å². The van der Waals surface area contributed by atoms with Gasteiger partial charge in [-0.25, -0.2) is 0 Å². The highest BCUT2D eigenvalue weighted by atomic mass is 79.9. The fourth-order valence-corrected chi connectivity index (χ4v) is 3.22. The number of aromatic nitrogens is 1. The smallest absolute Gasteiger partial charge is 0.175 e. The number of hydrogen-bond donors (Lipinski definition) is 0. The van der Waals surface area contributed by atoms with Crippen LogP contribution in [0.1, 0.15) is 15.9 Å². The number of fused-ring (bicyclic) bond motifs is 1. The molecular weight excluding hydrogens is 373 g/mol. The summed E-state index contributed by atoms with van der Waals surface area (Å²) < 4.78 is 15.1. The van der Waals surface area contributed by atoms with Crippen molar-refractivity contribution in [3.8, 4) is 0 Å². The van der Waals surface area contributed by atoms with E-state index in [2.05, 4.69) is 31.9 Å². The molecule has 0 spiro atoms. The number of Topliss-reactive ketones (excluding diaryl/α,β-unsaturated/α-hetero) is 1. The molecule has 0 saturated carbocycles. The number of rotatable bonds is 3. The Hall–Kier alpha value is -0.330. The van der Waals surface area contributed by atoms with Crippen LogP contribution >= 0.6 is 44.2 Å². The lowest BCUT2D eigenvalue weighted by Gasteiger charge is -2.05. The fraction of sp³-hybridized carbons (Fsp3) is 0.182. The normalized spacial score (nSPS) is 11.1. The minimum absolute atomic E-state index is 0.0594. The molecular formula is C11H8Br2FNOS. The molecule has 1 heterocycles. The highest BCUT2D eigenvalue weighted by molar-refractivity contribution is 9.10. The second-order valence-electron chi connectivity index (χ2n) is 3.58. The van der Waals surface area contributed by atoms with Crippen LogP contribution < -0.4 is 0 Å². The van der Waals surface area contributed by atoms with Crippen molar-refractivity contribution < 1.29 is 8.68 Å². The van der Waals surface area contributed by atoms with Gasteiger partial charge in [0, 0.05) is 21.6 Å². The maximum atomic E-state index is 12.9. The van der Waals surface area contributed by atoms with E-state index in [-0.39, 0.29) is 23.4 Å². The van der Waals surface area contributed by atoms with Crippen molar-refractivity contribution in [3.05, 3.63) is 33.9 Å². The average molecular weight is 381 g/mol. The van der Waals surface area contributed by atoms with E-state index in [9.17, 15) is 8.68 Å². The van der Waals surface area contributed by atoms with E-state index in [1.54, 1.807) is 12.3 Å². The van der Waals surface area contributed by atoms with Gasteiger partial charge in [-0.15, -0.1) is 3.89 Å². The molecule has 0 atom stereocenters. The first kappa shape index (κ1) is 13.1. The summed E-state index contributed by atoms with van der Waals surface area (Å²) in [5, 5.41) is 1.10. The van der Waals surface area contributed by atoms with Gasteiger partial charge in [-0.1, -0.05) is 31.9 Å². The third kappa shape index (κ3) is 2.18. The number of aryl methyl sites for hydroxylation is 1. The van der Waals surface area contributed by atoms with Gasteiger partial charge in [-0.3, -0.25) is 8.77 Å². The van der Waals surface area contributed by atoms with Gasteiger partial charge in [-0.05, 0) is 24.6 Å². The number of halogens is 3. The van der Waals surface area contributed by atoms with Crippen molar-refractivity contribution in [1.82, 2.24) is 3.97 Å². The van der Waals surface area contributed by atoms with Crippen LogP contribution in [0.2, 0.25) is 0 Å². The Labute approximate surface area is 119 Å². The van der Waals surface area contributed by atoms with Gasteiger partial charge in [0.1, 0.15) is 0 Å². The van der Waals surface area contributed by atoms with E-state index in [0.717, 1.165) is 15.4 Å². The quantitative estimate of drug-likeness (QED) is 0.570. The molecule has 2 aromatic rings. The van der Waals surface area contributed by atoms with E-state index < -0.39 is 0 Å². The second kappa shape index (κ2) is 5.12. The lowest BCUT2D eigenvalue weighted by atomic mass is 10.1. The number of carbonyl (C=O) groups excluding carboxylic acids is 1. The summed E-state index contributed by atoms with van der Waals surface area (Å²) in [4.78, 5) is 11.8. The molecule has 0 saturated heterocycles. The number of hydrogen-bond acceptors (Lipinski definition) is 2. The van der Waals surface area contributed by atoms with Gasteiger partial charge >= 0.3 is 0 Å². The maximum Gasteiger partial charge on any atom is 0.175 e. The lowest BCUT2D eigenvalue weighted by molar-refractivity contribution is 0.102. The molecule has 0 aliphatic heterocycles. The zero-order chi connectivity index (χ0) is 12.6. The monoisotopic (exact) mass is 379 g/mol. The number of nitrogens with zero attached hydrogens (tertiary/aromatic N) is 1. The minimum Gasteiger partial charge on any atom is -0.293 e. The molecule has 0 unspecified atom stereocenters. The zero-order valence-electron chi connectivity index (χ0n) is 8.84. The van der Waals surface area contributed by atoms with Crippen molar-refractivity contribution in [2.24, 2.45) is 0 Å². The predicted octanol–water partition coefficient (Wildman–Crippen LogP) is 4.67. The second-order valence-corrected chi connectivity index (χ2v) is 5.53. The molecule has 0 bridgehead atoms. The molecule has 17 heavy (non-hydrogen) atoms. The Kier molecular flexibility index (Phi) is 3.95. The average Bonchev–Trinajstić information content (AvgIpc) is 2.67. The van der Waals surface area contributed by atoms with Gasteiger partial charge < -0.3 is 0 Å². The Morgan fingerprint density at radius 1 is 1.53 bits per heavy atom. The van der Waals surface area contributed by atoms with Crippen LogP contribution in [0, 0.1) is 6.92 Å². The van der Waals surface area contributed by atoms with Crippen LogP contribution in [-0.4, -0.2) is 15.1 Å². The van der Waals surface area contributed by atoms with E-state index in [4.69, 9.17) is 0 Å². The van der Waals surface area contributed by atoms with Crippen molar-refractivity contribution in [2.45, 2.75) is 6.92 Å². The summed E-state index contributed by atoms with van der Waals surface area (Å²) in [5.74, 6) is -0.0594. The van der Waals surface area contributed by atoms with Gasteiger partial charge in [0.15, 0.2) is 18.1 Å². The highest BCUT2D eigenvalue weighted by Gasteiger charge is 2.17. The summed E-state index contributed by atoms with van der Waals surface area (Å²) in [6.45, 7) is 1.89. The van der Waals surface area contributed by atoms with Crippen LogP contribution in [0.5, 0.6) is 0 Å². The van der Waals surface area contributed by atoms with Crippen molar-refractivity contribution >= 4 is 60.9 Å². The molecule has 6 heteroatoms. The third-order valence-electron chi connectivity index (χ3n) is 2.55. The SMILES string of the molecule is Cc1cn(SF)c2c(C(=O)CBr)ccc(Br)c12. The maximum absolute atomic E-state index is 12.9. The first-order valence-electron chi connectivity index (χ1n) is 4.78. The Balaban J connectivity index is 2.87. The number of carbonyl (C=O) groups is 1. The molecule has 2 rings (SSSR count). The van der Waals surface area contributed by atoms with Crippen LogP contribution in [0.3, 0.4) is 0 Å². The van der Waals surface area contributed by atoms with E-state index in [1.807, 2.05) is 13.0 Å². The molecule has 0 aliphatic rings. The molecule has 1 aromatic carbocycles. The van der Waals surface area contributed by atoms with E-state index in [0.29, 0.717) is 11.1 Å². The Bertz CT molecular complexity index is 597. The van der Waals surface area contributed by atoms with Crippen LogP contribution in [0.15, 0.2) is 22.8 Å². The molecule has 0 radical (unpaired) electrons. The third-order valence-corrected chi connectivity index (χ3v) is 4.16. The highest BCUT2D eigenvalue weighted by Crippen LogP contribution is 2.34. The molecule has 2 nitrogen and oxygen atoms in total. The van der Waals surface area contributed by atoms with Crippen molar-refractivity contribution in [2.75, 3.05) is 5.33 Å². The van der Waals surface area contributed by atoms with Crippen molar-refractivity contribution in [3.63, 3.8) is 0 Å². The number of alkyl halides is 1. The first-order chi connectivity index (χ1) is 8.10. The lowest BCUT2D eigenvalue weighted by Crippen LogP contribution is -2.02. The predicted molar refractivity (Wildman–Crippen MR) is 76.6 cm³/mol. The Morgan fingerprint density at radius 3 is 2.82 bits per heavy atom. The van der Waals surface area contributed by atoms with Gasteiger partial charge in [0.25, 0.3) is 0 Å². The topological polar surface area (TPSA) is 22.0 Å². The largest absolute Gasteiger partial charge is 0.293 e. The summed E-state index contributed by atoms with van der Waals surface area (Å²) >= 11 is 6.66. The standard InChI is InChI=1S/C11H8Br2FNOS/c1-6-5-15(17-14)11-7(9(16)4-12)2-3-8(13)10(6)11/h2-3,5H,4H2,1H3. The number of ketones is 1. The van der Waals surface area contributed by atoms with Gasteiger partial charge in [-0.2, -0.15) is 0 Å².